The van der Waals surface area contributed by atoms with Crippen LogP contribution in [0.15, 0.2) is 90.3 Å². The Balaban J connectivity index is 1.72. The topological polar surface area (TPSA) is 112 Å². The lowest BCUT2D eigenvalue weighted by Crippen LogP contribution is -2.08. The van der Waals surface area contributed by atoms with Gasteiger partial charge in [-0.1, -0.05) is 30.3 Å². The summed E-state index contributed by atoms with van der Waals surface area (Å²) in [6, 6.07) is 18.0. The summed E-state index contributed by atoms with van der Waals surface area (Å²) >= 11 is 0. The Labute approximate surface area is 185 Å². The molecule has 2 aromatic carbocycles. The number of hydrogen-bond acceptors (Lipinski definition) is 7. The fraction of sp³-hybridized carbons (Fsp3) is 0.0800. The van der Waals surface area contributed by atoms with Gasteiger partial charge in [-0.25, -0.2) is 4.98 Å². The van der Waals surface area contributed by atoms with Gasteiger partial charge in [-0.3, -0.25) is 9.59 Å². The number of phenolic OH excluding ortho intramolecular Hbond substituents is 2. The molecule has 3 aromatic rings. The van der Waals surface area contributed by atoms with Crippen molar-refractivity contribution < 1.29 is 19.8 Å². The summed E-state index contributed by atoms with van der Waals surface area (Å²) < 4.78 is 0. The maximum Gasteiger partial charge on any atom is 0.205 e. The van der Waals surface area contributed by atoms with Crippen LogP contribution in [0.5, 0.6) is 11.5 Å². The molecule has 32 heavy (non-hydrogen) atoms. The van der Waals surface area contributed by atoms with Gasteiger partial charge < -0.3 is 20.8 Å². The van der Waals surface area contributed by atoms with Gasteiger partial charge in [0.2, 0.25) is 11.6 Å². The number of pyridine rings is 1. The van der Waals surface area contributed by atoms with E-state index in [4.69, 9.17) is 0 Å². The summed E-state index contributed by atoms with van der Waals surface area (Å²) in [7, 11) is 0. The molecule has 0 aliphatic carbocycles. The van der Waals surface area contributed by atoms with Crippen molar-refractivity contribution in [3.63, 3.8) is 0 Å². The molecule has 0 spiro atoms. The number of aromatic hydroxyl groups is 2. The third-order valence-electron chi connectivity index (χ3n) is 4.42. The highest BCUT2D eigenvalue weighted by Gasteiger charge is 2.11. The zero-order valence-corrected chi connectivity index (χ0v) is 17.7. The van der Waals surface area contributed by atoms with Crippen LogP contribution < -0.4 is 10.6 Å². The number of nitrogens with zero attached hydrogens (tertiary/aromatic N) is 1. The SMILES string of the molecule is C/C(=C/C(=O)c1cccc(C(=O)/C=C(/C)Nc2ccccc2O)n1)Nc1ccccc1O. The second-order valence-corrected chi connectivity index (χ2v) is 7.08. The fourth-order valence-corrected chi connectivity index (χ4v) is 2.91. The predicted molar refractivity (Wildman–Crippen MR) is 124 cm³/mol. The van der Waals surface area contributed by atoms with Crippen LogP contribution >= 0.6 is 0 Å². The van der Waals surface area contributed by atoms with Crippen molar-refractivity contribution in [1.29, 1.82) is 0 Å². The van der Waals surface area contributed by atoms with E-state index in [1.54, 1.807) is 56.3 Å². The van der Waals surface area contributed by atoms with Crippen molar-refractivity contribution in [1.82, 2.24) is 4.98 Å². The number of hydrogen-bond donors (Lipinski definition) is 4. The molecule has 162 valence electrons. The molecule has 1 aromatic heterocycles. The van der Waals surface area contributed by atoms with Crippen molar-refractivity contribution in [2.45, 2.75) is 13.8 Å². The predicted octanol–water partition coefficient (Wildman–Crippen LogP) is 4.89. The van der Waals surface area contributed by atoms with Crippen LogP contribution in [0, 0.1) is 0 Å². The number of allylic oxidation sites excluding steroid dienone is 4. The summed E-state index contributed by atoms with van der Waals surface area (Å²) in [6.45, 7) is 3.38. The monoisotopic (exact) mass is 429 g/mol. The molecule has 7 heteroatoms. The number of benzene rings is 2. The molecule has 0 amide bonds. The smallest absolute Gasteiger partial charge is 0.205 e. The highest BCUT2D eigenvalue weighted by Crippen LogP contribution is 2.24. The number of phenols is 2. The van der Waals surface area contributed by atoms with E-state index in [2.05, 4.69) is 15.6 Å². The third kappa shape index (κ3) is 5.82. The summed E-state index contributed by atoms with van der Waals surface area (Å²) in [4.78, 5) is 29.4. The number of ketones is 2. The Kier molecular flexibility index (Phi) is 7.02. The molecule has 0 aliphatic heterocycles. The zero-order chi connectivity index (χ0) is 23.1. The van der Waals surface area contributed by atoms with E-state index < -0.39 is 0 Å². The van der Waals surface area contributed by atoms with Crippen LogP contribution in [-0.4, -0.2) is 26.8 Å². The van der Waals surface area contributed by atoms with Crippen LogP contribution in [0.3, 0.4) is 0 Å². The van der Waals surface area contributed by atoms with Gasteiger partial charge in [0.05, 0.1) is 11.4 Å². The first kappa shape index (κ1) is 22.3. The Bertz CT molecular complexity index is 1120. The Morgan fingerprint density at radius 1 is 0.688 bits per heavy atom. The van der Waals surface area contributed by atoms with E-state index in [0.29, 0.717) is 22.8 Å². The van der Waals surface area contributed by atoms with Gasteiger partial charge in [-0.15, -0.1) is 0 Å². The van der Waals surface area contributed by atoms with Crippen molar-refractivity contribution in [3.8, 4) is 11.5 Å². The molecule has 3 rings (SSSR count). The largest absolute Gasteiger partial charge is 0.506 e. The van der Waals surface area contributed by atoms with Gasteiger partial charge in [0, 0.05) is 23.5 Å². The van der Waals surface area contributed by atoms with E-state index in [1.807, 2.05) is 0 Å². The van der Waals surface area contributed by atoms with E-state index in [1.165, 1.54) is 36.4 Å². The number of anilines is 2. The lowest BCUT2D eigenvalue weighted by molar-refractivity contribution is 0.103. The number of para-hydroxylation sites is 4. The van der Waals surface area contributed by atoms with E-state index in [0.717, 1.165) is 0 Å². The molecule has 0 atom stereocenters. The molecular weight excluding hydrogens is 406 g/mol. The molecule has 1 heterocycles. The Morgan fingerprint density at radius 3 is 1.50 bits per heavy atom. The Morgan fingerprint density at radius 2 is 1.09 bits per heavy atom. The maximum absolute atomic E-state index is 12.6. The van der Waals surface area contributed by atoms with E-state index in [-0.39, 0.29) is 34.5 Å². The quantitative estimate of drug-likeness (QED) is 0.229. The van der Waals surface area contributed by atoms with Crippen LogP contribution in [0.25, 0.3) is 0 Å². The molecule has 0 saturated heterocycles. The maximum atomic E-state index is 12.6. The summed E-state index contributed by atoms with van der Waals surface area (Å²) in [5, 5.41) is 25.6. The van der Waals surface area contributed by atoms with Crippen molar-refractivity contribution in [2.24, 2.45) is 0 Å². The summed E-state index contributed by atoms with van der Waals surface area (Å²) in [5.74, 6) is -0.628. The number of nitrogens with one attached hydrogen (secondary N) is 2. The minimum absolute atomic E-state index is 0.0676. The van der Waals surface area contributed by atoms with Gasteiger partial charge in [-0.05, 0) is 50.2 Å². The van der Waals surface area contributed by atoms with Gasteiger partial charge in [0.15, 0.2) is 0 Å². The number of rotatable bonds is 8. The molecule has 0 aliphatic rings. The standard InChI is InChI=1S/C25H23N3O4/c1-16(26-18-8-3-5-12-22(18)29)14-24(31)20-10-7-11-21(28-20)25(32)15-17(2)27-19-9-4-6-13-23(19)30/h3-15,26-27,29-30H,1-2H3/b16-14-,17-15-. The van der Waals surface area contributed by atoms with Crippen molar-refractivity contribution in [2.75, 3.05) is 10.6 Å². The number of carbonyl (C=O) groups is 2. The molecular formula is C25H23N3O4. The number of aromatic nitrogens is 1. The second-order valence-electron chi connectivity index (χ2n) is 7.08. The highest BCUT2D eigenvalue weighted by molar-refractivity contribution is 6.07. The van der Waals surface area contributed by atoms with Crippen molar-refractivity contribution >= 4 is 22.9 Å². The van der Waals surface area contributed by atoms with Crippen LogP contribution in [0.4, 0.5) is 11.4 Å². The minimum atomic E-state index is -0.381. The first-order chi connectivity index (χ1) is 15.3. The molecule has 0 bridgehead atoms. The average Bonchev–Trinajstić information content (AvgIpc) is 2.77. The van der Waals surface area contributed by atoms with Crippen LogP contribution in [0.2, 0.25) is 0 Å². The second kappa shape index (κ2) is 10.1. The van der Waals surface area contributed by atoms with E-state index >= 15 is 0 Å². The first-order valence-electron chi connectivity index (χ1n) is 9.86. The lowest BCUT2D eigenvalue weighted by Gasteiger charge is -2.08. The van der Waals surface area contributed by atoms with Crippen LogP contribution in [-0.2, 0) is 0 Å². The molecule has 0 radical (unpaired) electrons. The fourth-order valence-electron chi connectivity index (χ4n) is 2.91. The average molecular weight is 429 g/mol. The van der Waals surface area contributed by atoms with Gasteiger partial charge >= 0.3 is 0 Å². The lowest BCUT2D eigenvalue weighted by atomic mass is 10.1. The first-order valence-corrected chi connectivity index (χ1v) is 9.86. The van der Waals surface area contributed by atoms with Gasteiger partial charge in [-0.2, -0.15) is 0 Å². The van der Waals surface area contributed by atoms with Gasteiger partial charge in [0.1, 0.15) is 22.9 Å². The van der Waals surface area contributed by atoms with Gasteiger partial charge in [0.25, 0.3) is 0 Å². The van der Waals surface area contributed by atoms with Crippen molar-refractivity contribution in [3.05, 3.63) is 102 Å². The molecule has 0 unspecified atom stereocenters. The molecule has 7 nitrogen and oxygen atoms in total. The Hall–Kier alpha value is -4.39. The highest BCUT2D eigenvalue weighted by atomic mass is 16.3. The minimum Gasteiger partial charge on any atom is -0.506 e. The van der Waals surface area contributed by atoms with E-state index in [9.17, 15) is 19.8 Å². The molecule has 0 saturated carbocycles. The number of carbonyl (C=O) groups excluding carboxylic acids is 2. The molecule has 0 fully saturated rings. The van der Waals surface area contributed by atoms with Crippen LogP contribution in [0.1, 0.15) is 34.8 Å². The third-order valence-corrected chi connectivity index (χ3v) is 4.42. The summed E-state index contributed by atoms with van der Waals surface area (Å²) in [6.07, 6.45) is 2.70. The zero-order valence-electron chi connectivity index (χ0n) is 17.7. The molecule has 4 N–H and O–H groups in total. The normalized spacial score (nSPS) is 11.7. The summed E-state index contributed by atoms with van der Waals surface area (Å²) in [5.41, 5.74) is 2.21.